The van der Waals surface area contributed by atoms with Gasteiger partial charge in [-0.25, -0.2) is 19.2 Å². The third kappa shape index (κ3) is 3.72. The van der Waals surface area contributed by atoms with Gasteiger partial charge in [0.15, 0.2) is 0 Å². The van der Waals surface area contributed by atoms with Crippen LogP contribution in [0.3, 0.4) is 0 Å². The van der Waals surface area contributed by atoms with E-state index in [9.17, 15) is 49.5 Å². The Labute approximate surface area is 210 Å². The van der Waals surface area contributed by atoms with E-state index in [4.69, 9.17) is 23.2 Å². The normalized spacial score (nSPS) is 14.7. The number of rotatable bonds is 5. The molecule has 0 fully saturated rings. The highest BCUT2D eigenvalue weighted by atomic mass is 35.5. The molecule has 36 heavy (non-hydrogen) atoms. The molecule has 0 atom stereocenters. The maximum Gasteiger partial charge on any atom is 0.339 e. The summed E-state index contributed by atoms with van der Waals surface area (Å²) in [6, 6.07) is 4.09. The van der Waals surface area contributed by atoms with Crippen LogP contribution in [0.15, 0.2) is 52.1 Å². The number of hydrogen-bond acceptors (Lipinski definition) is 6. The monoisotopic (exact) mass is 530 g/mol. The van der Waals surface area contributed by atoms with E-state index in [0.717, 1.165) is 30.3 Å². The largest absolute Gasteiger partial charge is 0.505 e. The molecule has 0 spiro atoms. The molecule has 0 unspecified atom stereocenters. The summed E-state index contributed by atoms with van der Waals surface area (Å²) < 4.78 is 0. The molecule has 2 aliphatic carbocycles. The van der Waals surface area contributed by atoms with Gasteiger partial charge in [-0.2, -0.15) is 0 Å². The van der Waals surface area contributed by atoms with Crippen LogP contribution in [-0.2, 0) is 16.0 Å². The van der Waals surface area contributed by atoms with Crippen LogP contribution in [0, 0.1) is 0 Å². The molecule has 2 aliphatic rings. The van der Waals surface area contributed by atoms with Crippen LogP contribution in [0.4, 0.5) is 0 Å². The molecule has 0 radical (unpaired) electrons. The highest BCUT2D eigenvalue weighted by molar-refractivity contribution is 6.49. The second kappa shape index (κ2) is 8.67. The van der Waals surface area contributed by atoms with Gasteiger partial charge in [-0.1, -0.05) is 23.2 Å². The van der Waals surface area contributed by atoms with Crippen molar-refractivity contribution in [3.63, 3.8) is 0 Å². The lowest BCUT2D eigenvalue weighted by molar-refractivity contribution is -0.134. The standard InChI is InChI=1S/C24H12Cl2O10/c25-17-12-6-13-11(5-15(24(35)36)20(28)18(13)26)16(10(12)4-14(19(17)27)23(33)34)9-3-7(21(29)30)1-2-8(9)22(31)32/h1-5,27H,6H2,(H,29,30)(H,31,32)(H,33,34)(H,35,36). The zero-order valence-corrected chi connectivity index (χ0v) is 19.1. The van der Waals surface area contributed by atoms with Crippen molar-refractivity contribution in [2.75, 3.05) is 0 Å². The van der Waals surface area contributed by atoms with Gasteiger partial charge >= 0.3 is 23.9 Å². The van der Waals surface area contributed by atoms with Crippen LogP contribution in [0.2, 0.25) is 5.02 Å². The van der Waals surface area contributed by atoms with Gasteiger partial charge in [0.2, 0.25) is 5.78 Å². The maximum absolute atomic E-state index is 12.6. The van der Waals surface area contributed by atoms with E-state index in [1.54, 1.807) is 0 Å². The van der Waals surface area contributed by atoms with Crippen molar-refractivity contribution in [3.8, 4) is 5.75 Å². The molecule has 0 heterocycles. The van der Waals surface area contributed by atoms with Crippen molar-refractivity contribution < 1.29 is 49.5 Å². The first-order valence-electron chi connectivity index (χ1n) is 9.87. The number of ketones is 1. The third-order valence-corrected chi connectivity index (χ3v) is 6.59. The number of carbonyl (C=O) groups excluding carboxylic acids is 1. The Balaban J connectivity index is 2.27. The molecule has 5 N–H and O–H groups in total. The first kappa shape index (κ1) is 24.7. The van der Waals surface area contributed by atoms with Crippen LogP contribution >= 0.6 is 23.2 Å². The van der Waals surface area contributed by atoms with E-state index >= 15 is 0 Å². The quantitative estimate of drug-likeness (QED) is 0.357. The van der Waals surface area contributed by atoms with Gasteiger partial charge in [0, 0.05) is 6.42 Å². The van der Waals surface area contributed by atoms with Gasteiger partial charge in [0.05, 0.1) is 21.2 Å². The lowest BCUT2D eigenvalue weighted by Gasteiger charge is -2.30. The van der Waals surface area contributed by atoms with Crippen LogP contribution in [0.25, 0.3) is 5.57 Å². The van der Waals surface area contributed by atoms with E-state index < -0.39 is 62.2 Å². The number of carboxylic acid groups (broad SMARTS) is 4. The molecular formula is C24H12Cl2O10. The van der Waals surface area contributed by atoms with Gasteiger partial charge in [-0.3, -0.25) is 4.79 Å². The predicted octanol–water partition coefficient (Wildman–Crippen LogP) is 3.58. The summed E-state index contributed by atoms with van der Waals surface area (Å²) in [5.74, 6) is -7.88. The first-order chi connectivity index (χ1) is 16.8. The highest BCUT2D eigenvalue weighted by Crippen LogP contribution is 2.49. The highest BCUT2D eigenvalue weighted by Gasteiger charge is 2.37. The summed E-state index contributed by atoms with van der Waals surface area (Å²) in [5.41, 5.74) is -2.41. The SMILES string of the molecule is O=C(O)C1=CC2=C(c3cc(C(=O)O)ccc3C(=O)O)c3cc(C(=O)O)c(O)c(Cl)c3CC2=C(Cl)C1=O. The van der Waals surface area contributed by atoms with Crippen molar-refractivity contribution in [1.29, 1.82) is 0 Å². The van der Waals surface area contributed by atoms with Gasteiger partial charge in [-0.15, -0.1) is 0 Å². The van der Waals surface area contributed by atoms with Crippen molar-refractivity contribution in [3.05, 3.63) is 90.5 Å². The van der Waals surface area contributed by atoms with Crippen LogP contribution in [-0.4, -0.2) is 55.2 Å². The number of aromatic carboxylic acids is 3. The van der Waals surface area contributed by atoms with Crippen molar-refractivity contribution in [2.24, 2.45) is 0 Å². The van der Waals surface area contributed by atoms with Gasteiger partial charge in [-0.05, 0) is 63.8 Å². The molecule has 2 aromatic rings. The second-order valence-corrected chi connectivity index (χ2v) is 8.49. The fraction of sp³-hybridized carbons (Fsp3) is 0.0417. The molecule has 0 amide bonds. The number of phenols is 1. The molecule has 0 aliphatic heterocycles. The van der Waals surface area contributed by atoms with E-state index in [1.807, 2.05) is 0 Å². The summed E-state index contributed by atoms with van der Waals surface area (Å²) in [7, 11) is 0. The molecule has 12 heteroatoms. The average molecular weight is 531 g/mol. The summed E-state index contributed by atoms with van der Waals surface area (Å²) in [5, 5.41) is 47.8. The van der Waals surface area contributed by atoms with E-state index in [1.165, 1.54) is 0 Å². The minimum absolute atomic E-state index is 0.0150. The Hall–Kier alpha value is -4.41. The molecule has 4 rings (SSSR count). The van der Waals surface area contributed by atoms with E-state index in [-0.39, 0.29) is 45.4 Å². The molecule has 2 aromatic carbocycles. The minimum atomic E-state index is -1.62. The summed E-state index contributed by atoms with van der Waals surface area (Å²) in [6.07, 6.45) is 0.722. The number of carboxylic acids is 4. The van der Waals surface area contributed by atoms with Crippen LogP contribution < -0.4 is 0 Å². The summed E-state index contributed by atoms with van der Waals surface area (Å²) in [6.45, 7) is 0. The smallest absolute Gasteiger partial charge is 0.339 e. The van der Waals surface area contributed by atoms with Crippen LogP contribution in [0.1, 0.15) is 47.8 Å². The number of Topliss-reactive ketones (excluding diaryl/α,β-unsaturated/α-hetero) is 1. The topological polar surface area (TPSA) is 186 Å². The number of carbonyl (C=O) groups is 5. The Bertz CT molecular complexity index is 1560. The molecule has 182 valence electrons. The number of halogens is 2. The van der Waals surface area contributed by atoms with Crippen molar-refractivity contribution in [1.82, 2.24) is 0 Å². The Morgan fingerprint density at radius 2 is 1.44 bits per heavy atom. The number of aromatic hydroxyl groups is 1. The predicted molar refractivity (Wildman–Crippen MR) is 124 cm³/mol. The van der Waals surface area contributed by atoms with E-state index in [0.29, 0.717) is 0 Å². The Morgan fingerprint density at radius 1 is 0.806 bits per heavy atom. The number of allylic oxidation sites excluding steroid dienone is 4. The number of benzene rings is 2. The summed E-state index contributed by atoms with van der Waals surface area (Å²) in [4.78, 5) is 59.8. The Kier molecular flexibility index (Phi) is 5.95. The molecule has 0 saturated carbocycles. The van der Waals surface area contributed by atoms with Crippen LogP contribution in [0.5, 0.6) is 5.75 Å². The lowest BCUT2D eigenvalue weighted by atomic mass is 9.74. The molecule has 10 nitrogen and oxygen atoms in total. The minimum Gasteiger partial charge on any atom is -0.505 e. The number of aliphatic carboxylic acids is 1. The fourth-order valence-corrected chi connectivity index (χ4v) is 4.69. The van der Waals surface area contributed by atoms with Crippen molar-refractivity contribution in [2.45, 2.75) is 6.42 Å². The fourth-order valence-electron chi connectivity index (χ4n) is 4.15. The average Bonchev–Trinajstić information content (AvgIpc) is 2.81. The zero-order chi connectivity index (χ0) is 26.6. The lowest BCUT2D eigenvalue weighted by Crippen LogP contribution is -2.23. The molecular weight excluding hydrogens is 519 g/mol. The summed E-state index contributed by atoms with van der Waals surface area (Å²) >= 11 is 12.5. The van der Waals surface area contributed by atoms with E-state index in [2.05, 4.69) is 0 Å². The number of hydrogen-bond donors (Lipinski definition) is 5. The van der Waals surface area contributed by atoms with Crippen molar-refractivity contribution >= 4 is 58.4 Å². The number of fused-ring (bicyclic) bond motifs is 2. The molecule has 0 bridgehead atoms. The Morgan fingerprint density at radius 3 is 2.00 bits per heavy atom. The first-order valence-corrected chi connectivity index (χ1v) is 10.6. The third-order valence-electron chi connectivity index (χ3n) is 5.78. The maximum atomic E-state index is 12.6. The second-order valence-electron chi connectivity index (χ2n) is 7.74. The van der Waals surface area contributed by atoms with Gasteiger partial charge < -0.3 is 25.5 Å². The van der Waals surface area contributed by atoms with Gasteiger partial charge in [0.25, 0.3) is 0 Å². The van der Waals surface area contributed by atoms with Gasteiger partial charge in [0.1, 0.15) is 16.9 Å². The molecule has 0 saturated heterocycles. The zero-order valence-electron chi connectivity index (χ0n) is 17.6. The molecule has 0 aromatic heterocycles.